The minimum Gasteiger partial charge on any atom is -0.377 e. The number of nitrogens with one attached hydrogen (secondary N) is 4. The van der Waals surface area contributed by atoms with Crippen molar-refractivity contribution in [2.75, 3.05) is 85.7 Å². The molecule has 4 N–H and O–H groups in total. The van der Waals surface area contributed by atoms with E-state index in [9.17, 15) is 19.2 Å². The largest absolute Gasteiger partial charge is 0.377 e. The van der Waals surface area contributed by atoms with Crippen molar-refractivity contribution in [1.82, 2.24) is 21.3 Å². The number of amides is 4. The first kappa shape index (κ1) is 47.4. The Hall–Kier alpha value is -3.64. The van der Waals surface area contributed by atoms with Crippen molar-refractivity contribution in [2.45, 2.75) is 90.0 Å². The molecule has 0 heterocycles. The van der Waals surface area contributed by atoms with Gasteiger partial charge in [0.15, 0.2) is 0 Å². The van der Waals surface area contributed by atoms with Crippen LogP contribution in [0.2, 0.25) is 0 Å². The molecule has 1 saturated carbocycles. The smallest absolute Gasteiger partial charge is 0.223 e. The summed E-state index contributed by atoms with van der Waals surface area (Å²) in [6, 6.07) is 0. The Morgan fingerprint density at radius 2 is 1.00 bits per heavy atom. The van der Waals surface area contributed by atoms with Gasteiger partial charge in [0.05, 0.1) is 39.6 Å². The molecule has 0 atom stereocenters. The summed E-state index contributed by atoms with van der Waals surface area (Å²) in [4.78, 5) is 51.1. The maximum Gasteiger partial charge on any atom is 0.223 e. The third-order valence-electron chi connectivity index (χ3n) is 7.71. The average Bonchev–Trinajstić information content (AvgIpc) is 3.10. The van der Waals surface area contributed by atoms with E-state index < -0.39 is 5.54 Å². The van der Waals surface area contributed by atoms with E-state index in [1.54, 1.807) is 0 Å². The standard InChI is InChI=1S/C32H52N4O8.C6H10O/c1-4-16-33-28(37)10-13-32(36-31(40)27-8-7-9-27,14-11-29(38)34-17-21-43-25-23-41-19-5-2)15-12-30(39)35-18-22-44-26-24-42-20-6-3;1-3-5-7-6-4-2/h2-3,27H,4,7-26H2,1H3,(H,33,37)(H,34,38)(H,35,39)(H,36,40);1H,4-6H2,2H3. The van der Waals surface area contributed by atoms with E-state index in [1.165, 1.54) is 0 Å². The van der Waals surface area contributed by atoms with Crippen molar-refractivity contribution >= 4 is 23.6 Å². The zero-order valence-electron chi connectivity index (χ0n) is 31.0. The fourth-order valence-electron chi connectivity index (χ4n) is 4.69. The molecule has 0 aromatic rings. The normalized spacial score (nSPS) is 12.1. The molecule has 0 aromatic carbocycles. The van der Waals surface area contributed by atoms with Gasteiger partial charge in [-0.25, -0.2) is 0 Å². The van der Waals surface area contributed by atoms with Gasteiger partial charge >= 0.3 is 0 Å². The molecule has 288 valence electrons. The fraction of sp³-hybridized carbons (Fsp3) is 0.737. The Kier molecular flexibility index (Phi) is 31.1. The number of ether oxygens (including phenoxy) is 5. The van der Waals surface area contributed by atoms with Crippen LogP contribution in [0.5, 0.6) is 0 Å². The molecule has 1 rings (SSSR count). The van der Waals surface area contributed by atoms with Gasteiger partial charge in [-0.15, -0.1) is 19.3 Å². The SMILES string of the molecule is C#CCOCCC.C#CCOCCOCCNC(=O)CCC(CCC(=O)NCCC)(CCC(=O)NCCOCCOCC#C)NC(=O)C1CCC1. The first-order chi connectivity index (χ1) is 24.8. The Labute approximate surface area is 306 Å². The first-order valence-electron chi connectivity index (χ1n) is 18.1. The van der Waals surface area contributed by atoms with Gasteiger partial charge < -0.3 is 45.0 Å². The van der Waals surface area contributed by atoms with E-state index >= 15 is 0 Å². The molecule has 51 heavy (non-hydrogen) atoms. The maximum absolute atomic E-state index is 13.1. The Balaban J connectivity index is 0.00000321. The summed E-state index contributed by atoms with van der Waals surface area (Å²) >= 11 is 0. The van der Waals surface area contributed by atoms with Crippen LogP contribution in [0, 0.1) is 42.9 Å². The lowest BCUT2D eigenvalue weighted by Crippen LogP contribution is -2.53. The van der Waals surface area contributed by atoms with Crippen molar-refractivity contribution < 1.29 is 42.9 Å². The average molecular weight is 719 g/mol. The number of rotatable bonds is 30. The third kappa shape index (κ3) is 27.7. The van der Waals surface area contributed by atoms with Gasteiger partial charge in [0.25, 0.3) is 0 Å². The van der Waals surface area contributed by atoms with Crippen LogP contribution in [-0.2, 0) is 42.9 Å². The Morgan fingerprint density at radius 1 is 0.588 bits per heavy atom. The van der Waals surface area contributed by atoms with Crippen molar-refractivity contribution in [3.05, 3.63) is 0 Å². The number of carbonyl (C=O) groups is 4. The van der Waals surface area contributed by atoms with Crippen LogP contribution in [0.4, 0.5) is 0 Å². The van der Waals surface area contributed by atoms with Gasteiger partial charge in [-0.1, -0.05) is 38.0 Å². The monoisotopic (exact) mass is 718 g/mol. The van der Waals surface area contributed by atoms with E-state index in [4.69, 9.17) is 43.0 Å². The number of hydrogen-bond donors (Lipinski definition) is 4. The van der Waals surface area contributed by atoms with Crippen LogP contribution >= 0.6 is 0 Å². The van der Waals surface area contributed by atoms with Crippen molar-refractivity contribution in [1.29, 1.82) is 0 Å². The third-order valence-corrected chi connectivity index (χ3v) is 7.71. The van der Waals surface area contributed by atoms with E-state index in [0.29, 0.717) is 72.3 Å². The van der Waals surface area contributed by atoms with Crippen LogP contribution in [0.25, 0.3) is 0 Å². The molecule has 1 fully saturated rings. The van der Waals surface area contributed by atoms with Gasteiger partial charge in [-0.3, -0.25) is 19.2 Å². The second kappa shape index (κ2) is 33.5. The Morgan fingerprint density at radius 3 is 1.37 bits per heavy atom. The molecular weight excluding hydrogens is 656 g/mol. The highest BCUT2D eigenvalue weighted by Gasteiger charge is 2.36. The quantitative estimate of drug-likeness (QED) is 0.0644. The lowest BCUT2D eigenvalue weighted by molar-refractivity contribution is -0.132. The first-order valence-corrected chi connectivity index (χ1v) is 18.1. The summed E-state index contributed by atoms with van der Waals surface area (Å²) in [5.41, 5.74) is -0.902. The number of hydrogen-bond acceptors (Lipinski definition) is 9. The summed E-state index contributed by atoms with van der Waals surface area (Å²) in [5.74, 6) is 6.41. The molecule has 0 aliphatic heterocycles. The number of terminal acetylenes is 3. The molecule has 0 spiro atoms. The van der Waals surface area contributed by atoms with E-state index in [2.05, 4.69) is 46.0 Å². The molecular formula is C38H62N4O9. The van der Waals surface area contributed by atoms with E-state index in [-0.39, 0.29) is 74.9 Å². The molecule has 0 unspecified atom stereocenters. The molecule has 13 nitrogen and oxygen atoms in total. The van der Waals surface area contributed by atoms with Gasteiger partial charge in [-0.2, -0.15) is 0 Å². The summed E-state index contributed by atoms with van der Waals surface area (Å²) in [6.45, 7) is 8.98. The van der Waals surface area contributed by atoms with Crippen LogP contribution < -0.4 is 21.3 Å². The number of carbonyl (C=O) groups excluding carboxylic acids is 4. The Bertz CT molecular complexity index is 1030. The fourth-order valence-corrected chi connectivity index (χ4v) is 4.69. The second-order valence-corrected chi connectivity index (χ2v) is 11.9. The maximum atomic E-state index is 13.1. The summed E-state index contributed by atoms with van der Waals surface area (Å²) in [5, 5.41) is 11.7. The lowest BCUT2D eigenvalue weighted by Gasteiger charge is -2.38. The summed E-state index contributed by atoms with van der Waals surface area (Å²) in [6.07, 6.45) is 20.9. The minimum absolute atomic E-state index is 0.0885. The molecule has 0 bridgehead atoms. The summed E-state index contributed by atoms with van der Waals surface area (Å²) in [7, 11) is 0. The van der Waals surface area contributed by atoms with Crippen molar-refractivity contribution in [3.8, 4) is 37.0 Å². The molecule has 0 saturated heterocycles. The highest BCUT2D eigenvalue weighted by atomic mass is 16.5. The highest BCUT2D eigenvalue weighted by molar-refractivity contribution is 5.81. The topological polar surface area (TPSA) is 163 Å². The van der Waals surface area contributed by atoms with Crippen LogP contribution in [0.15, 0.2) is 0 Å². The highest BCUT2D eigenvalue weighted by Crippen LogP contribution is 2.31. The predicted molar refractivity (Wildman–Crippen MR) is 196 cm³/mol. The van der Waals surface area contributed by atoms with Gasteiger partial charge in [0.1, 0.15) is 19.8 Å². The predicted octanol–water partition coefficient (Wildman–Crippen LogP) is 2.12. The van der Waals surface area contributed by atoms with Gasteiger partial charge in [0.2, 0.25) is 23.6 Å². The molecule has 1 aliphatic carbocycles. The molecule has 1 aliphatic rings. The second-order valence-electron chi connectivity index (χ2n) is 11.9. The van der Waals surface area contributed by atoms with E-state index in [0.717, 1.165) is 38.7 Å². The summed E-state index contributed by atoms with van der Waals surface area (Å²) < 4.78 is 26.0. The zero-order valence-corrected chi connectivity index (χ0v) is 31.0. The van der Waals surface area contributed by atoms with Crippen LogP contribution in [0.3, 0.4) is 0 Å². The van der Waals surface area contributed by atoms with Crippen molar-refractivity contribution in [2.24, 2.45) is 5.92 Å². The van der Waals surface area contributed by atoms with E-state index in [1.807, 2.05) is 6.92 Å². The van der Waals surface area contributed by atoms with Crippen molar-refractivity contribution in [3.63, 3.8) is 0 Å². The molecule has 0 aromatic heterocycles. The zero-order chi connectivity index (χ0) is 37.8. The molecule has 0 radical (unpaired) electrons. The van der Waals surface area contributed by atoms with Gasteiger partial charge in [-0.05, 0) is 44.9 Å². The lowest BCUT2D eigenvalue weighted by atomic mass is 9.80. The van der Waals surface area contributed by atoms with Crippen LogP contribution in [-0.4, -0.2) is 115 Å². The molecule has 13 heteroatoms. The minimum atomic E-state index is -0.902. The molecule has 4 amide bonds. The van der Waals surface area contributed by atoms with Gasteiger partial charge in [0, 0.05) is 57.0 Å². The van der Waals surface area contributed by atoms with Crippen LogP contribution in [0.1, 0.15) is 84.5 Å².